The molecule has 0 saturated heterocycles. The van der Waals surface area contributed by atoms with Crippen LogP contribution >= 0.6 is 0 Å². The summed E-state index contributed by atoms with van der Waals surface area (Å²) < 4.78 is 0. The topological polar surface area (TPSA) is 78.4 Å². The highest BCUT2D eigenvalue weighted by Crippen LogP contribution is 2.19. The fourth-order valence-corrected chi connectivity index (χ4v) is 1.14. The van der Waals surface area contributed by atoms with Gasteiger partial charge < -0.3 is 15.7 Å². The van der Waals surface area contributed by atoms with Gasteiger partial charge in [0.25, 0.3) is 0 Å². The zero-order chi connectivity index (χ0) is 12.1. The lowest BCUT2D eigenvalue weighted by atomic mass is 10.2. The van der Waals surface area contributed by atoms with E-state index in [0.29, 0.717) is 11.3 Å². The molecule has 0 unspecified atom stereocenters. The minimum atomic E-state index is -0.305. The van der Waals surface area contributed by atoms with Gasteiger partial charge in [-0.2, -0.15) is 0 Å². The Morgan fingerprint density at radius 2 is 2.06 bits per heavy atom. The number of rotatable bonds is 3. The fourth-order valence-electron chi connectivity index (χ4n) is 1.14. The number of nitrogens with one attached hydrogen (secondary N) is 2. The number of hydrogen-bond donors (Lipinski definition) is 3. The third kappa shape index (κ3) is 3.61. The Bertz CT molecular complexity index is 416. The maximum absolute atomic E-state index is 11.3. The molecule has 0 saturated carbocycles. The monoisotopic (exact) mass is 222 g/mol. The van der Waals surface area contributed by atoms with Crippen LogP contribution in [0.15, 0.2) is 18.2 Å². The summed E-state index contributed by atoms with van der Waals surface area (Å²) in [7, 11) is 0. The highest BCUT2D eigenvalue weighted by molar-refractivity contribution is 5.94. The van der Waals surface area contributed by atoms with Gasteiger partial charge in [0, 0.05) is 12.6 Å². The number of aryl methyl sites for hydroxylation is 1. The number of benzene rings is 1. The maximum Gasteiger partial charge on any atom is 0.243 e. The standard InChI is InChI=1S/C11H14N2O3/c1-7-5-9(3-4-10(7)15)13-11(16)6-12-8(2)14/h3-5,15H,6H2,1-2H3,(H,12,14)(H,13,16). The van der Waals surface area contributed by atoms with E-state index in [1.54, 1.807) is 19.1 Å². The zero-order valence-corrected chi connectivity index (χ0v) is 9.20. The summed E-state index contributed by atoms with van der Waals surface area (Å²) in [6.07, 6.45) is 0. The van der Waals surface area contributed by atoms with Crippen LogP contribution in [-0.2, 0) is 9.59 Å². The molecule has 0 aliphatic carbocycles. The van der Waals surface area contributed by atoms with Crippen molar-refractivity contribution in [3.63, 3.8) is 0 Å². The minimum Gasteiger partial charge on any atom is -0.508 e. The van der Waals surface area contributed by atoms with Crippen LogP contribution in [-0.4, -0.2) is 23.5 Å². The Labute approximate surface area is 93.5 Å². The highest BCUT2D eigenvalue weighted by Gasteiger charge is 2.04. The second-order valence-corrected chi connectivity index (χ2v) is 3.46. The van der Waals surface area contributed by atoms with E-state index in [2.05, 4.69) is 10.6 Å². The summed E-state index contributed by atoms with van der Waals surface area (Å²) in [5.74, 6) is -0.378. The van der Waals surface area contributed by atoms with Crippen molar-refractivity contribution in [2.24, 2.45) is 0 Å². The summed E-state index contributed by atoms with van der Waals surface area (Å²) in [5.41, 5.74) is 1.27. The molecule has 2 amide bonds. The summed E-state index contributed by atoms with van der Waals surface area (Å²) in [5, 5.41) is 14.3. The first-order valence-electron chi connectivity index (χ1n) is 4.83. The normalized spacial score (nSPS) is 9.62. The van der Waals surface area contributed by atoms with Crippen LogP contribution in [0.3, 0.4) is 0 Å². The zero-order valence-electron chi connectivity index (χ0n) is 9.20. The predicted octanol–water partition coefficient (Wildman–Crippen LogP) is 0.775. The third-order valence-corrected chi connectivity index (χ3v) is 1.98. The average molecular weight is 222 g/mol. The Morgan fingerprint density at radius 1 is 1.38 bits per heavy atom. The first kappa shape index (κ1) is 12.0. The lowest BCUT2D eigenvalue weighted by Crippen LogP contribution is -2.31. The van der Waals surface area contributed by atoms with Crippen molar-refractivity contribution in [1.82, 2.24) is 5.32 Å². The molecule has 0 spiro atoms. The van der Waals surface area contributed by atoms with Gasteiger partial charge >= 0.3 is 0 Å². The number of hydrogen-bond acceptors (Lipinski definition) is 3. The minimum absolute atomic E-state index is 0.0603. The van der Waals surface area contributed by atoms with Crippen molar-refractivity contribution < 1.29 is 14.7 Å². The fraction of sp³-hybridized carbons (Fsp3) is 0.273. The SMILES string of the molecule is CC(=O)NCC(=O)Nc1ccc(O)c(C)c1. The molecule has 0 radical (unpaired) electrons. The molecule has 1 rings (SSSR count). The van der Waals surface area contributed by atoms with Crippen LogP contribution in [0, 0.1) is 6.92 Å². The highest BCUT2D eigenvalue weighted by atomic mass is 16.3. The lowest BCUT2D eigenvalue weighted by Gasteiger charge is -2.07. The molecule has 5 heteroatoms. The van der Waals surface area contributed by atoms with Crippen molar-refractivity contribution in [2.75, 3.05) is 11.9 Å². The van der Waals surface area contributed by atoms with Crippen LogP contribution in [0.25, 0.3) is 0 Å². The molecule has 0 aromatic heterocycles. The molecule has 0 fully saturated rings. The molecule has 0 bridgehead atoms. The van der Waals surface area contributed by atoms with E-state index in [0.717, 1.165) is 0 Å². The Balaban J connectivity index is 2.56. The summed E-state index contributed by atoms with van der Waals surface area (Å²) in [6, 6.07) is 4.75. The predicted molar refractivity (Wildman–Crippen MR) is 60.2 cm³/mol. The molecule has 3 N–H and O–H groups in total. The Hall–Kier alpha value is -2.04. The summed E-state index contributed by atoms with van der Waals surface area (Å²) in [6.45, 7) is 3.02. The van der Waals surface area contributed by atoms with Crippen molar-refractivity contribution >= 4 is 17.5 Å². The Morgan fingerprint density at radius 3 is 2.62 bits per heavy atom. The Kier molecular flexibility index (Phi) is 3.88. The number of aromatic hydroxyl groups is 1. The smallest absolute Gasteiger partial charge is 0.243 e. The van der Waals surface area contributed by atoms with E-state index in [9.17, 15) is 14.7 Å². The van der Waals surface area contributed by atoms with Crippen LogP contribution in [0.1, 0.15) is 12.5 Å². The van der Waals surface area contributed by atoms with Gasteiger partial charge in [0.1, 0.15) is 5.75 Å². The van der Waals surface area contributed by atoms with Gasteiger partial charge in [0.05, 0.1) is 6.54 Å². The largest absolute Gasteiger partial charge is 0.508 e. The first-order valence-corrected chi connectivity index (χ1v) is 4.83. The number of phenols is 1. The van der Waals surface area contributed by atoms with Crippen molar-refractivity contribution in [3.8, 4) is 5.75 Å². The van der Waals surface area contributed by atoms with Crippen molar-refractivity contribution in [3.05, 3.63) is 23.8 Å². The van der Waals surface area contributed by atoms with Crippen LogP contribution in [0.4, 0.5) is 5.69 Å². The maximum atomic E-state index is 11.3. The molecule has 16 heavy (non-hydrogen) atoms. The van der Waals surface area contributed by atoms with Gasteiger partial charge in [-0.05, 0) is 30.7 Å². The van der Waals surface area contributed by atoms with Gasteiger partial charge in [-0.25, -0.2) is 0 Å². The van der Waals surface area contributed by atoms with E-state index in [4.69, 9.17) is 0 Å². The molecular weight excluding hydrogens is 208 g/mol. The molecule has 0 aliphatic heterocycles. The molecular formula is C11H14N2O3. The van der Waals surface area contributed by atoms with Gasteiger partial charge in [-0.1, -0.05) is 0 Å². The number of anilines is 1. The molecule has 0 atom stereocenters. The van der Waals surface area contributed by atoms with Gasteiger partial charge in [0.15, 0.2) is 0 Å². The summed E-state index contributed by atoms with van der Waals surface area (Å²) in [4.78, 5) is 21.9. The van der Waals surface area contributed by atoms with E-state index in [1.807, 2.05) is 0 Å². The van der Waals surface area contributed by atoms with Crippen LogP contribution in [0.2, 0.25) is 0 Å². The lowest BCUT2D eigenvalue weighted by molar-refractivity contribution is -0.122. The number of amides is 2. The number of carbonyl (C=O) groups excluding carboxylic acids is 2. The number of carbonyl (C=O) groups is 2. The van der Waals surface area contributed by atoms with Gasteiger partial charge in [-0.15, -0.1) is 0 Å². The third-order valence-electron chi connectivity index (χ3n) is 1.98. The molecule has 1 aromatic carbocycles. The second-order valence-electron chi connectivity index (χ2n) is 3.46. The quantitative estimate of drug-likeness (QED) is 0.661. The van der Waals surface area contributed by atoms with Gasteiger partial charge in [0.2, 0.25) is 11.8 Å². The summed E-state index contributed by atoms with van der Waals surface area (Å²) >= 11 is 0. The molecule has 1 aromatic rings. The van der Waals surface area contributed by atoms with Crippen molar-refractivity contribution in [1.29, 1.82) is 0 Å². The van der Waals surface area contributed by atoms with E-state index in [-0.39, 0.29) is 24.1 Å². The van der Waals surface area contributed by atoms with E-state index < -0.39 is 0 Å². The van der Waals surface area contributed by atoms with E-state index in [1.165, 1.54) is 13.0 Å². The van der Waals surface area contributed by atoms with E-state index >= 15 is 0 Å². The first-order chi connectivity index (χ1) is 7.49. The molecule has 5 nitrogen and oxygen atoms in total. The second kappa shape index (κ2) is 5.16. The van der Waals surface area contributed by atoms with Crippen molar-refractivity contribution in [2.45, 2.75) is 13.8 Å². The van der Waals surface area contributed by atoms with Crippen LogP contribution < -0.4 is 10.6 Å². The molecule has 0 heterocycles. The van der Waals surface area contributed by atoms with Crippen LogP contribution in [0.5, 0.6) is 5.75 Å². The molecule has 0 aliphatic rings. The number of phenolic OH excluding ortho intramolecular Hbond substituents is 1. The average Bonchev–Trinajstić information content (AvgIpc) is 2.21. The van der Waals surface area contributed by atoms with Gasteiger partial charge in [-0.3, -0.25) is 9.59 Å². The molecule has 86 valence electrons.